The van der Waals surface area contributed by atoms with E-state index in [1.807, 2.05) is 38.1 Å². The molecule has 1 saturated heterocycles. The van der Waals surface area contributed by atoms with Gasteiger partial charge >= 0.3 is 11.9 Å². The number of carboxylic acid groups (broad SMARTS) is 2. The number of likely N-dealkylation sites (N-methyl/N-ethyl adjacent to an activating group) is 1. The van der Waals surface area contributed by atoms with Crippen molar-refractivity contribution in [3.63, 3.8) is 0 Å². The molecule has 164 valence electrons. The fourth-order valence-electron chi connectivity index (χ4n) is 2.50. The van der Waals surface area contributed by atoms with Crippen LogP contribution in [-0.4, -0.2) is 97.6 Å². The summed E-state index contributed by atoms with van der Waals surface area (Å²) in [6, 6.07) is 7.78. The first kappa shape index (κ1) is 24.7. The summed E-state index contributed by atoms with van der Waals surface area (Å²) in [7, 11) is 2.17. The Morgan fingerprint density at radius 3 is 2.10 bits per heavy atom. The van der Waals surface area contributed by atoms with Crippen molar-refractivity contribution in [3.05, 3.63) is 24.3 Å². The van der Waals surface area contributed by atoms with Crippen LogP contribution < -0.4 is 9.47 Å². The van der Waals surface area contributed by atoms with Crippen LogP contribution in [0.5, 0.6) is 11.5 Å². The summed E-state index contributed by atoms with van der Waals surface area (Å²) in [5.74, 6) is -2.08. The predicted molar refractivity (Wildman–Crippen MR) is 108 cm³/mol. The van der Waals surface area contributed by atoms with Crippen molar-refractivity contribution in [2.45, 2.75) is 20.0 Å². The summed E-state index contributed by atoms with van der Waals surface area (Å²) in [6.45, 7) is 11.5. The number of hydrogen-bond acceptors (Lipinski definition) is 7. The molecule has 1 aromatic rings. The van der Waals surface area contributed by atoms with E-state index in [1.165, 1.54) is 0 Å². The van der Waals surface area contributed by atoms with E-state index in [-0.39, 0.29) is 6.10 Å². The largest absolute Gasteiger partial charge is 0.487 e. The smallest absolute Gasteiger partial charge is 0.414 e. The minimum absolute atomic E-state index is 0.139. The third kappa shape index (κ3) is 11.3. The minimum Gasteiger partial charge on any atom is -0.487 e. The number of carboxylic acids is 2. The van der Waals surface area contributed by atoms with Crippen molar-refractivity contribution < 1.29 is 34.0 Å². The Balaban J connectivity index is 0.000000612. The fraction of sp³-hybridized carbons (Fsp3) is 0.600. The SMILES string of the molecule is CC(C)Oc1ccccc1OCCOCCN1CCN(C)CC1.O=C(O)C(=O)O. The molecule has 29 heavy (non-hydrogen) atoms. The van der Waals surface area contributed by atoms with Gasteiger partial charge in [0.2, 0.25) is 0 Å². The molecule has 9 heteroatoms. The molecule has 1 fully saturated rings. The van der Waals surface area contributed by atoms with Crippen LogP contribution in [0.25, 0.3) is 0 Å². The number of carbonyl (C=O) groups is 2. The molecule has 9 nitrogen and oxygen atoms in total. The minimum atomic E-state index is -1.82. The molecule has 1 aliphatic rings. The van der Waals surface area contributed by atoms with Gasteiger partial charge in [0.05, 0.1) is 19.3 Å². The predicted octanol–water partition coefficient (Wildman–Crippen LogP) is 1.27. The lowest BCUT2D eigenvalue weighted by Gasteiger charge is -2.32. The van der Waals surface area contributed by atoms with E-state index in [0.717, 1.165) is 50.8 Å². The first-order valence-electron chi connectivity index (χ1n) is 9.63. The van der Waals surface area contributed by atoms with Crippen LogP contribution in [0.1, 0.15) is 13.8 Å². The molecule has 1 aliphatic heterocycles. The van der Waals surface area contributed by atoms with Crippen LogP contribution in [0.3, 0.4) is 0 Å². The van der Waals surface area contributed by atoms with Gasteiger partial charge in [-0.25, -0.2) is 9.59 Å². The number of aliphatic carboxylic acids is 2. The highest BCUT2D eigenvalue weighted by atomic mass is 16.5. The van der Waals surface area contributed by atoms with Crippen molar-refractivity contribution >= 4 is 11.9 Å². The quantitative estimate of drug-likeness (QED) is 0.458. The highest BCUT2D eigenvalue weighted by Crippen LogP contribution is 2.27. The van der Waals surface area contributed by atoms with E-state index >= 15 is 0 Å². The van der Waals surface area contributed by atoms with Gasteiger partial charge in [0.15, 0.2) is 11.5 Å². The standard InChI is InChI=1S/C18H30N2O3.C2H2O4/c1-16(2)23-18-7-5-4-6-17(18)22-15-14-21-13-12-20-10-8-19(3)9-11-20;3-1(4)2(5)6/h4-7,16H,8-15H2,1-3H3;(H,3,4)(H,5,6). The summed E-state index contributed by atoms with van der Waals surface area (Å²) in [5.41, 5.74) is 0. The van der Waals surface area contributed by atoms with Gasteiger partial charge in [0.1, 0.15) is 6.61 Å². The van der Waals surface area contributed by atoms with Crippen molar-refractivity contribution in [3.8, 4) is 11.5 Å². The molecule has 0 amide bonds. The lowest BCUT2D eigenvalue weighted by Crippen LogP contribution is -2.45. The summed E-state index contributed by atoms with van der Waals surface area (Å²) in [6.07, 6.45) is 0.139. The lowest BCUT2D eigenvalue weighted by molar-refractivity contribution is -0.159. The maximum atomic E-state index is 9.10. The Bertz CT molecular complexity index is 605. The molecular formula is C20H32N2O7. The zero-order valence-corrected chi connectivity index (χ0v) is 17.4. The van der Waals surface area contributed by atoms with E-state index in [4.69, 9.17) is 34.0 Å². The molecule has 0 bridgehead atoms. The van der Waals surface area contributed by atoms with Crippen LogP contribution in [0.2, 0.25) is 0 Å². The fourth-order valence-corrected chi connectivity index (χ4v) is 2.50. The molecular weight excluding hydrogens is 380 g/mol. The van der Waals surface area contributed by atoms with Crippen molar-refractivity contribution in [1.82, 2.24) is 9.80 Å². The first-order chi connectivity index (χ1) is 13.8. The summed E-state index contributed by atoms with van der Waals surface area (Å²) in [4.78, 5) is 23.0. The van der Waals surface area contributed by atoms with E-state index in [9.17, 15) is 0 Å². The molecule has 1 aromatic carbocycles. The van der Waals surface area contributed by atoms with Crippen LogP contribution >= 0.6 is 0 Å². The Hall–Kier alpha value is -2.36. The third-order valence-corrected chi connectivity index (χ3v) is 4.03. The summed E-state index contributed by atoms with van der Waals surface area (Å²) < 4.78 is 17.2. The number of para-hydroxylation sites is 2. The molecule has 0 aromatic heterocycles. The second-order valence-corrected chi connectivity index (χ2v) is 6.83. The number of hydrogen-bond donors (Lipinski definition) is 2. The topological polar surface area (TPSA) is 109 Å². The number of nitrogens with zero attached hydrogens (tertiary/aromatic N) is 2. The average Bonchev–Trinajstić information content (AvgIpc) is 2.67. The van der Waals surface area contributed by atoms with Gasteiger partial charge in [0, 0.05) is 32.7 Å². The first-order valence-corrected chi connectivity index (χ1v) is 9.63. The Morgan fingerprint density at radius 1 is 0.966 bits per heavy atom. The van der Waals surface area contributed by atoms with E-state index in [0.29, 0.717) is 13.2 Å². The molecule has 0 aliphatic carbocycles. The molecule has 0 unspecified atom stereocenters. The van der Waals surface area contributed by atoms with Gasteiger partial charge in [-0.3, -0.25) is 4.90 Å². The number of rotatable bonds is 9. The van der Waals surface area contributed by atoms with Crippen LogP contribution in [0.4, 0.5) is 0 Å². The van der Waals surface area contributed by atoms with Gasteiger partial charge in [-0.2, -0.15) is 0 Å². The van der Waals surface area contributed by atoms with Gasteiger partial charge in [0.25, 0.3) is 0 Å². The maximum absolute atomic E-state index is 9.10. The number of piperazine rings is 1. The molecule has 2 N–H and O–H groups in total. The molecule has 0 radical (unpaired) electrons. The monoisotopic (exact) mass is 412 g/mol. The number of ether oxygens (including phenoxy) is 3. The maximum Gasteiger partial charge on any atom is 0.414 e. The molecule has 0 saturated carbocycles. The van der Waals surface area contributed by atoms with E-state index in [1.54, 1.807) is 0 Å². The third-order valence-electron chi connectivity index (χ3n) is 4.03. The lowest BCUT2D eigenvalue weighted by atomic mass is 10.3. The zero-order chi connectivity index (χ0) is 21.6. The zero-order valence-electron chi connectivity index (χ0n) is 17.4. The van der Waals surface area contributed by atoms with Crippen molar-refractivity contribution in [1.29, 1.82) is 0 Å². The van der Waals surface area contributed by atoms with Crippen molar-refractivity contribution in [2.24, 2.45) is 0 Å². The van der Waals surface area contributed by atoms with Gasteiger partial charge in [-0.05, 0) is 33.0 Å². The van der Waals surface area contributed by atoms with Crippen LogP contribution in [0, 0.1) is 0 Å². The Kier molecular flexibility index (Phi) is 11.7. The molecule has 0 spiro atoms. The van der Waals surface area contributed by atoms with Crippen LogP contribution in [-0.2, 0) is 14.3 Å². The highest BCUT2D eigenvalue weighted by molar-refractivity contribution is 6.27. The van der Waals surface area contributed by atoms with Gasteiger partial charge < -0.3 is 29.3 Å². The van der Waals surface area contributed by atoms with E-state index in [2.05, 4.69) is 16.8 Å². The Morgan fingerprint density at radius 2 is 1.55 bits per heavy atom. The second kappa shape index (κ2) is 13.8. The molecule has 2 rings (SSSR count). The summed E-state index contributed by atoms with van der Waals surface area (Å²) in [5, 5.41) is 14.8. The van der Waals surface area contributed by atoms with Gasteiger partial charge in [-0.15, -0.1) is 0 Å². The van der Waals surface area contributed by atoms with Gasteiger partial charge in [-0.1, -0.05) is 12.1 Å². The van der Waals surface area contributed by atoms with E-state index < -0.39 is 11.9 Å². The van der Waals surface area contributed by atoms with Crippen molar-refractivity contribution in [2.75, 3.05) is 59.6 Å². The molecule has 1 heterocycles. The average molecular weight is 412 g/mol. The number of benzene rings is 1. The molecule has 0 atom stereocenters. The highest BCUT2D eigenvalue weighted by Gasteiger charge is 2.13. The Labute approximate surface area is 171 Å². The van der Waals surface area contributed by atoms with Crippen LogP contribution in [0.15, 0.2) is 24.3 Å². The second-order valence-electron chi connectivity index (χ2n) is 6.83. The summed E-state index contributed by atoms with van der Waals surface area (Å²) >= 11 is 0. The normalized spacial score (nSPS) is 14.8.